The Balaban J connectivity index is 1.92. The highest BCUT2D eigenvalue weighted by atomic mass is 79.9. The van der Waals surface area contributed by atoms with Gasteiger partial charge in [0.05, 0.1) is 6.61 Å². The molecule has 2 rings (SSSR count). The third-order valence-electron chi connectivity index (χ3n) is 4.27. The van der Waals surface area contributed by atoms with Gasteiger partial charge >= 0.3 is 0 Å². The van der Waals surface area contributed by atoms with E-state index in [1.54, 1.807) is 0 Å². The number of halogens is 1. The summed E-state index contributed by atoms with van der Waals surface area (Å²) in [6.07, 6.45) is 1.13. The Kier molecular flexibility index (Phi) is 7.70. The number of carbonyl (C=O) groups excluding carboxylic acids is 1. The second-order valence-corrected chi connectivity index (χ2v) is 7.99. The van der Waals surface area contributed by atoms with Crippen molar-refractivity contribution in [2.75, 3.05) is 11.9 Å². The predicted octanol–water partition coefficient (Wildman–Crippen LogP) is 6.49. The third kappa shape index (κ3) is 5.87. The molecular weight excluding hydrogens is 390 g/mol. The lowest BCUT2D eigenvalue weighted by atomic mass is 9.92. The molecule has 0 saturated heterocycles. The van der Waals surface area contributed by atoms with Gasteiger partial charge in [0.15, 0.2) is 0 Å². The van der Waals surface area contributed by atoms with Crippen molar-refractivity contribution in [2.24, 2.45) is 0 Å². The minimum Gasteiger partial charge on any atom is -0.494 e. The van der Waals surface area contributed by atoms with Gasteiger partial charge in [-0.25, -0.2) is 0 Å². The lowest BCUT2D eigenvalue weighted by Crippen LogP contribution is -2.16. The van der Waals surface area contributed by atoms with Crippen molar-refractivity contribution < 1.29 is 9.53 Å². The standard InChI is InChI=1S/C22H28BrNO2/c1-15(2)19-7-5-8-20(16(3)4)22(19)24-21(25)9-6-14-26-18-12-10-17(23)11-13-18/h5,7-8,10-13,15-16H,6,9,14H2,1-4H3,(H,24,25). The van der Waals surface area contributed by atoms with E-state index in [0.717, 1.165) is 15.9 Å². The average Bonchev–Trinajstić information content (AvgIpc) is 2.60. The Bertz CT molecular complexity index is 697. The summed E-state index contributed by atoms with van der Waals surface area (Å²) in [6, 6.07) is 14.0. The molecule has 0 bridgehead atoms. The van der Waals surface area contributed by atoms with Gasteiger partial charge in [0.2, 0.25) is 5.91 Å². The van der Waals surface area contributed by atoms with Crippen molar-refractivity contribution in [3.63, 3.8) is 0 Å². The van der Waals surface area contributed by atoms with Crippen LogP contribution in [-0.4, -0.2) is 12.5 Å². The fourth-order valence-corrected chi connectivity index (χ4v) is 3.12. The molecule has 0 atom stereocenters. The predicted molar refractivity (Wildman–Crippen MR) is 112 cm³/mol. The van der Waals surface area contributed by atoms with Crippen LogP contribution in [0.5, 0.6) is 5.75 Å². The molecule has 26 heavy (non-hydrogen) atoms. The molecule has 0 saturated carbocycles. The van der Waals surface area contributed by atoms with E-state index in [0.29, 0.717) is 31.3 Å². The zero-order chi connectivity index (χ0) is 19.1. The number of anilines is 1. The summed E-state index contributed by atoms with van der Waals surface area (Å²) in [4.78, 5) is 12.4. The van der Waals surface area contributed by atoms with Crippen molar-refractivity contribution in [3.05, 3.63) is 58.1 Å². The van der Waals surface area contributed by atoms with Crippen molar-refractivity contribution in [3.8, 4) is 5.75 Å². The number of ether oxygens (including phenoxy) is 1. The van der Waals surface area contributed by atoms with Gasteiger partial charge in [-0.15, -0.1) is 0 Å². The van der Waals surface area contributed by atoms with Crippen LogP contribution < -0.4 is 10.1 Å². The zero-order valence-electron chi connectivity index (χ0n) is 16.0. The highest BCUT2D eigenvalue weighted by molar-refractivity contribution is 9.10. The maximum Gasteiger partial charge on any atom is 0.224 e. The Hall–Kier alpha value is -1.81. The quantitative estimate of drug-likeness (QED) is 0.498. The fraction of sp³-hybridized carbons (Fsp3) is 0.409. The van der Waals surface area contributed by atoms with Crippen LogP contribution in [0.25, 0.3) is 0 Å². The normalized spacial score (nSPS) is 11.0. The molecule has 0 aliphatic rings. The van der Waals surface area contributed by atoms with Crippen LogP contribution in [0.15, 0.2) is 46.9 Å². The molecule has 140 valence electrons. The second-order valence-electron chi connectivity index (χ2n) is 7.07. The van der Waals surface area contributed by atoms with Crippen LogP contribution in [0, 0.1) is 0 Å². The molecule has 1 N–H and O–H groups in total. The Labute approximate surface area is 165 Å². The molecule has 0 aliphatic carbocycles. The molecule has 2 aromatic carbocycles. The number of rotatable bonds is 8. The number of nitrogens with one attached hydrogen (secondary N) is 1. The van der Waals surface area contributed by atoms with E-state index in [4.69, 9.17) is 4.74 Å². The van der Waals surface area contributed by atoms with Gasteiger partial charge < -0.3 is 10.1 Å². The van der Waals surface area contributed by atoms with Gasteiger partial charge in [0.25, 0.3) is 0 Å². The van der Waals surface area contributed by atoms with Gasteiger partial charge in [-0.1, -0.05) is 61.8 Å². The number of hydrogen-bond donors (Lipinski definition) is 1. The number of benzene rings is 2. The second kappa shape index (κ2) is 9.77. The van der Waals surface area contributed by atoms with Crippen LogP contribution in [0.2, 0.25) is 0 Å². The van der Waals surface area contributed by atoms with Crippen LogP contribution >= 0.6 is 15.9 Å². The summed E-state index contributed by atoms with van der Waals surface area (Å²) in [7, 11) is 0. The molecule has 4 heteroatoms. The molecule has 1 amide bonds. The molecule has 3 nitrogen and oxygen atoms in total. The molecule has 2 aromatic rings. The molecule has 0 unspecified atom stereocenters. The largest absolute Gasteiger partial charge is 0.494 e. The minimum absolute atomic E-state index is 0.0411. The Morgan fingerprint density at radius 2 is 1.58 bits per heavy atom. The summed E-state index contributed by atoms with van der Waals surface area (Å²) in [6.45, 7) is 9.14. The van der Waals surface area contributed by atoms with Gasteiger partial charge in [-0.05, 0) is 53.6 Å². The molecule has 0 radical (unpaired) electrons. The Morgan fingerprint density at radius 3 is 2.12 bits per heavy atom. The first-order chi connectivity index (χ1) is 12.4. The first-order valence-corrected chi connectivity index (χ1v) is 9.98. The van der Waals surface area contributed by atoms with Crippen LogP contribution in [0.1, 0.15) is 63.5 Å². The maximum absolute atomic E-state index is 12.4. The van der Waals surface area contributed by atoms with Crippen molar-refractivity contribution in [1.29, 1.82) is 0 Å². The van der Waals surface area contributed by atoms with Gasteiger partial charge in [-0.2, -0.15) is 0 Å². The monoisotopic (exact) mass is 417 g/mol. The smallest absolute Gasteiger partial charge is 0.224 e. The summed E-state index contributed by atoms with van der Waals surface area (Å²) < 4.78 is 6.71. The summed E-state index contributed by atoms with van der Waals surface area (Å²) in [5, 5.41) is 3.15. The van der Waals surface area contributed by atoms with E-state index in [2.05, 4.69) is 67.1 Å². The van der Waals surface area contributed by atoms with E-state index in [1.807, 2.05) is 24.3 Å². The van der Waals surface area contributed by atoms with Crippen molar-refractivity contribution in [2.45, 2.75) is 52.4 Å². The first-order valence-electron chi connectivity index (χ1n) is 9.19. The highest BCUT2D eigenvalue weighted by Gasteiger charge is 2.15. The highest BCUT2D eigenvalue weighted by Crippen LogP contribution is 2.32. The number of para-hydroxylation sites is 1. The maximum atomic E-state index is 12.4. The van der Waals surface area contributed by atoms with E-state index in [1.165, 1.54) is 11.1 Å². The lowest BCUT2D eigenvalue weighted by molar-refractivity contribution is -0.116. The molecule has 0 heterocycles. The fourth-order valence-electron chi connectivity index (χ4n) is 2.85. The van der Waals surface area contributed by atoms with Crippen LogP contribution in [0.3, 0.4) is 0 Å². The number of carbonyl (C=O) groups is 1. The van der Waals surface area contributed by atoms with E-state index in [9.17, 15) is 4.79 Å². The summed E-state index contributed by atoms with van der Waals surface area (Å²) in [5.74, 6) is 1.59. The first kappa shape index (κ1) is 20.5. The lowest BCUT2D eigenvalue weighted by Gasteiger charge is -2.20. The van der Waals surface area contributed by atoms with Crippen molar-refractivity contribution in [1.82, 2.24) is 0 Å². The molecule has 0 spiro atoms. The third-order valence-corrected chi connectivity index (χ3v) is 4.80. The Morgan fingerprint density at radius 1 is 1.00 bits per heavy atom. The van der Waals surface area contributed by atoms with Gasteiger partial charge in [-0.3, -0.25) is 4.79 Å². The molecule has 0 fully saturated rings. The molecular formula is C22H28BrNO2. The minimum atomic E-state index is 0.0411. The number of amides is 1. The topological polar surface area (TPSA) is 38.3 Å². The van der Waals surface area contributed by atoms with Crippen LogP contribution in [-0.2, 0) is 4.79 Å². The van der Waals surface area contributed by atoms with Gasteiger partial charge in [0.1, 0.15) is 5.75 Å². The van der Waals surface area contributed by atoms with E-state index >= 15 is 0 Å². The number of hydrogen-bond acceptors (Lipinski definition) is 2. The van der Waals surface area contributed by atoms with Gasteiger partial charge in [0, 0.05) is 16.6 Å². The van der Waals surface area contributed by atoms with E-state index in [-0.39, 0.29) is 5.91 Å². The SMILES string of the molecule is CC(C)c1cccc(C(C)C)c1NC(=O)CCCOc1ccc(Br)cc1. The van der Waals surface area contributed by atoms with Crippen molar-refractivity contribution >= 4 is 27.5 Å². The average molecular weight is 418 g/mol. The molecule has 0 aliphatic heterocycles. The summed E-state index contributed by atoms with van der Waals surface area (Å²) in [5.41, 5.74) is 3.36. The molecule has 0 aromatic heterocycles. The zero-order valence-corrected chi connectivity index (χ0v) is 17.6. The van der Waals surface area contributed by atoms with Crippen LogP contribution in [0.4, 0.5) is 5.69 Å². The summed E-state index contributed by atoms with van der Waals surface area (Å²) >= 11 is 3.40. The van der Waals surface area contributed by atoms with E-state index < -0.39 is 0 Å².